The summed E-state index contributed by atoms with van der Waals surface area (Å²) in [6, 6.07) is 1.13. The van der Waals surface area contributed by atoms with Gasteiger partial charge in [0.15, 0.2) is 0 Å². The second-order valence-corrected chi connectivity index (χ2v) is 6.42. The number of piperidine rings is 1. The Morgan fingerprint density at radius 3 is 1.87 bits per heavy atom. The molecule has 1 aliphatic rings. The zero-order chi connectivity index (χ0) is 11.9. The molecule has 3 heteroatoms. The van der Waals surface area contributed by atoms with Crippen LogP contribution in [0.1, 0.15) is 54.4 Å². The third kappa shape index (κ3) is 2.92. The fraction of sp³-hybridized carbons (Fsp3) is 1.00. The van der Waals surface area contributed by atoms with E-state index >= 15 is 0 Å². The van der Waals surface area contributed by atoms with Gasteiger partial charge in [-0.2, -0.15) is 0 Å². The first-order chi connectivity index (χ1) is 6.65. The van der Waals surface area contributed by atoms with E-state index in [-0.39, 0.29) is 11.1 Å². The summed E-state index contributed by atoms with van der Waals surface area (Å²) in [7, 11) is 0. The first-order valence-corrected chi connectivity index (χ1v) is 5.96. The largest absolute Gasteiger partial charge is 0.312 e. The zero-order valence-electron chi connectivity index (χ0n) is 11.1. The van der Waals surface area contributed by atoms with E-state index in [0.29, 0.717) is 12.1 Å². The minimum Gasteiger partial charge on any atom is -0.312 e. The van der Waals surface area contributed by atoms with Gasteiger partial charge in [0.05, 0.1) is 0 Å². The molecule has 1 heterocycles. The molecule has 0 radical (unpaired) electrons. The Bertz CT molecular complexity index is 203. The number of nitrogens with zero attached hydrogens (tertiary/aromatic N) is 1. The van der Waals surface area contributed by atoms with Gasteiger partial charge in [-0.05, 0) is 40.5 Å². The predicted octanol–water partition coefficient (Wildman–Crippen LogP) is 1.88. The monoisotopic (exact) mass is 213 g/mol. The molecule has 0 spiro atoms. The van der Waals surface area contributed by atoms with Crippen molar-refractivity contribution in [3.8, 4) is 0 Å². The highest BCUT2D eigenvalue weighted by molar-refractivity contribution is 5.00. The van der Waals surface area contributed by atoms with Gasteiger partial charge >= 0.3 is 0 Å². The van der Waals surface area contributed by atoms with E-state index in [1.165, 1.54) is 0 Å². The van der Waals surface area contributed by atoms with Gasteiger partial charge in [0.2, 0.25) is 0 Å². The summed E-state index contributed by atoms with van der Waals surface area (Å²) in [5.74, 6) is 6.19. The molecule has 3 nitrogen and oxygen atoms in total. The molecule has 0 aromatic rings. The summed E-state index contributed by atoms with van der Waals surface area (Å²) in [4.78, 5) is 0. The lowest BCUT2D eigenvalue weighted by molar-refractivity contribution is -0.0430. The van der Waals surface area contributed by atoms with Crippen LogP contribution in [0.2, 0.25) is 0 Å². The molecular weight excluding hydrogens is 186 g/mol. The van der Waals surface area contributed by atoms with Crippen LogP contribution in [0.4, 0.5) is 0 Å². The molecule has 1 saturated heterocycles. The molecule has 1 aliphatic heterocycles. The molecule has 0 unspecified atom stereocenters. The van der Waals surface area contributed by atoms with Crippen LogP contribution < -0.4 is 11.2 Å². The van der Waals surface area contributed by atoms with E-state index < -0.39 is 0 Å². The lowest BCUT2D eigenvalue weighted by Gasteiger charge is -2.53. The summed E-state index contributed by atoms with van der Waals surface area (Å²) in [5.41, 5.74) is 0.155. The maximum absolute atomic E-state index is 6.19. The Kier molecular flexibility index (Phi) is 3.49. The average molecular weight is 213 g/mol. The standard InChI is InChI=1S/C12H27N3/c1-9(2)14-10-7-11(3,4)15(13)12(5,6)8-10/h9-10,14H,7-8,13H2,1-6H3. The molecule has 1 rings (SSSR count). The zero-order valence-corrected chi connectivity index (χ0v) is 11.1. The third-order valence-electron chi connectivity index (χ3n) is 3.37. The fourth-order valence-corrected chi connectivity index (χ4v) is 2.88. The molecular formula is C12H27N3. The molecule has 1 fully saturated rings. The van der Waals surface area contributed by atoms with Gasteiger partial charge in [-0.25, -0.2) is 5.01 Å². The third-order valence-corrected chi connectivity index (χ3v) is 3.37. The van der Waals surface area contributed by atoms with Crippen LogP contribution in [-0.4, -0.2) is 28.2 Å². The van der Waals surface area contributed by atoms with Crippen LogP contribution in [-0.2, 0) is 0 Å². The minimum absolute atomic E-state index is 0.0777. The summed E-state index contributed by atoms with van der Waals surface area (Å²) in [6.45, 7) is 13.3. The molecule has 0 saturated carbocycles. The van der Waals surface area contributed by atoms with E-state index in [1.807, 2.05) is 5.01 Å². The molecule has 0 bridgehead atoms. The van der Waals surface area contributed by atoms with Gasteiger partial charge in [-0.15, -0.1) is 0 Å². The van der Waals surface area contributed by atoms with Gasteiger partial charge in [0, 0.05) is 23.2 Å². The van der Waals surface area contributed by atoms with Crippen molar-refractivity contribution in [2.75, 3.05) is 0 Å². The lowest BCUT2D eigenvalue weighted by Crippen LogP contribution is -2.67. The van der Waals surface area contributed by atoms with Crippen molar-refractivity contribution >= 4 is 0 Å². The molecule has 3 N–H and O–H groups in total. The second-order valence-electron chi connectivity index (χ2n) is 6.42. The van der Waals surface area contributed by atoms with Crippen molar-refractivity contribution in [3.63, 3.8) is 0 Å². The molecule has 0 atom stereocenters. The van der Waals surface area contributed by atoms with Crippen molar-refractivity contribution in [2.45, 2.75) is 77.5 Å². The van der Waals surface area contributed by atoms with Gasteiger partial charge in [-0.1, -0.05) is 13.8 Å². The Morgan fingerprint density at radius 2 is 1.53 bits per heavy atom. The molecule has 0 amide bonds. The van der Waals surface area contributed by atoms with E-state index in [4.69, 9.17) is 5.84 Å². The van der Waals surface area contributed by atoms with E-state index in [2.05, 4.69) is 46.9 Å². The Morgan fingerprint density at radius 1 is 1.13 bits per heavy atom. The van der Waals surface area contributed by atoms with Crippen LogP contribution in [0, 0.1) is 0 Å². The number of hydrazine groups is 1. The normalized spacial score (nSPS) is 27.2. The molecule has 0 aromatic carbocycles. The van der Waals surface area contributed by atoms with Crippen LogP contribution in [0.25, 0.3) is 0 Å². The average Bonchev–Trinajstić information content (AvgIpc) is 1.97. The van der Waals surface area contributed by atoms with E-state index in [9.17, 15) is 0 Å². The summed E-state index contributed by atoms with van der Waals surface area (Å²) in [5, 5.41) is 5.66. The number of hydrogen-bond donors (Lipinski definition) is 2. The van der Waals surface area contributed by atoms with Crippen molar-refractivity contribution < 1.29 is 0 Å². The molecule has 0 aromatic heterocycles. The summed E-state index contributed by atoms with van der Waals surface area (Å²) < 4.78 is 0. The van der Waals surface area contributed by atoms with Crippen LogP contribution in [0.5, 0.6) is 0 Å². The summed E-state index contributed by atoms with van der Waals surface area (Å²) >= 11 is 0. The quantitative estimate of drug-likeness (QED) is 0.688. The number of hydrogen-bond acceptors (Lipinski definition) is 3. The maximum atomic E-state index is 6.19. The van der Waals surface area contributed by atoms with Crippen molar-refractivity contribution in [1.82, 2.24) is 10.3 Å². The first-order valence-electron chi connectivity index (χ1n) is 5.96. The lowest BCUT2D eigenvalue weighted by atomic mass is 9.78. The van der Waals surface area contributed by atoms with Crippen LogP contribution >= 0.6 is 0 Å². The van der Waals surface area contributed by atoms with Gasteiger partial charge in [-0.3, -0.25) is 5.84 Å². The number of nitrogens with two attached hydrogens (primary N) is 1. The molecule has 15 heavy (non-hydrogen) atoms. The Balaban J connectivity index is 2.75. The van der Waals surface area contributed by atoms with Crippen LogP contribution in [0.15, 0.2) is 0 Å². The van der Waals surface area contributed by atoms with Gasteiger partial charge < -0.3 is 5.32 Å². The fourth-order valence-electron chi connectivity index (χ4n) is 2.88. The van der Waals surface area contributed by atoms with E-state index in [0.717, 1.165) is 12.8 Å². The highest BCUT2D eigenvalue weighted by atomic mass is 15.5. The van der Waals surface area contributed by atoms with Crippen LogP contribution in [0.3, 0.4) is 0 Å². The predicted molar refractivity (Wildman–Crippen MR) is 65.5 cm³/mol. The molecule has 0 aliphatic carbocycles. The second kappa shape index (κ2) is 4.04. The van der Waals surface area contributed by atoms with Crippen molar-refractivity contribution in [3.05, 3.63) is 0 Å². The van der Waals surface area contributed by atoms with Gasteiger partial charge in [0.1, 0.15) is 0 Å². The number of rotatable bonds is 2. The minimum atomic E-state index is 0.0777. The van der Waals surface area contributed by atoms with Crippen molar-refractivity contribution in [1.29, 1.82) is 0 Å². The highest BCUT2D eigenvalue weighted by Crippen LogP contribution is 2.35. The SMILES string of the molecule is CC(C)NC1CC(C)(C)N(N)C(C)(C)C1. The Labute approximate surface area is 94.4 Å². The van der Waals surface area contributed by atoms with E-state index in [1.54, 1.807) is 0 Å². The Hall–Kier alpha value is -0.120. The molecule has 90 valence electrons. The topological polar surface area (TPSA) is 41.3 Å². The number of nitrogens with one attached hydrogen (secondary N) is 1. The highest BCUT2D eigenvalue weighted by Gasteiger charge is 2.43. The van der Waals surface area contributed by atoms with Gasteiger partial charge in [0.25, 0.3) is 0 Å². The maximum Gasteiger partial charge on any atom is 0.0316 e. The smallest absolute Gasteiger partial charge is 0.0316 e. The summed E-state index contributed by atoms with van der Waals surface area (Å²) in [6.07, 6.45) is 2.23. The van der Waals surface area contributed by atoms with Crippen molar-refractivity contribution in [2.24, 2.45) is 5.84 Å². The first kappa shape index (κ1) is 12.9.